The molecule has 22 heavy (non-hydrogen) atoms. The Hall–Kier alpha value is -2.20. The maximum absolute atomic E-state index is 12.9. The van der Waals surface area contributed by atoms with Crippen LogP contribution in [0.1, 0.15) is 5.56 Å². The summed E-state index contributed by atoms with van der Waals surface area (Å²) in [5.41, 5.74) is 3.56. The fourth-order valence-electron chi connectivity index (χ4n) is 2.61. The van der Waals surface area contributed by atoms with Gasteiger partial charge in [0.25, 0.3) is 5.91 Å². The first-order valence-corrected chi connectivity index (χ1v) is 8.30. The predicted molar refractivity (Wildman–Crippen MR) is 93.5 cm³/mol. The third kappa shape index (κ3) is 2.50. The maximum Gasteiger partial charge on any atom is 0.265 e. The fraction of sp³-hybridized carbons (Fsp3) is 0.167. The highest BCUT2D eigenvalue weighted by Crippen LogP contribution is 2.41. The van der Waals surface area contributed by atoms with Crippen LogP contribution in [0.4, 0.5) is 11.4 Å². The molecule has 0 saturated heterocycles. The maximum atomic E-state index is 12.9. The summed E-state index contributed by atoms with van der Waals surface area (Å²) in [6.07, 6.45) is 3.93. The molecule has 4 heteroatoms. The number of anilines is 2. The molecule has 1 amide bonds. The zero-order valence-electron chi connectivity index (χ0n) is 12.9. The second-order valence-corrected chi connectivity index (χ2v) is 6.24. The van der Waals surface area contributed by atoms with Crippen LogP contribution in [0.2, 0.25) is 0 Å². The molecule has 2 aromatic carbocycles. The van der Waals surface area contributed by atoms with Gasteiger partial charge in [-0.2, -0.15) is 0 Å². The molecule has 3 rings (SSSR count). The van der Waals surface area contributed by atoms with Crippen LogP contribution >= 0.6 is 11.8 Å². The highest BCUT2D eigenvalue weighted by Gasteiger charge is 2.33. The van der Waals surface area contributed by atoms with Crippen LogP contribution in [0.5, 0.6) is 0 Å². The molecule has 0 fully saturated rings. The van der Waals surface area contributed by atoms with Gasteiger partial charge in [-0.1, -0.05) is 18.2 Å². The van der Waals surface area contributed by atoms with Gasteiger partial charge in [0, 0.05) is 36.4 Å². The van der Waals surface area contributed by atoms with Crippen molar-refractivity contribution in [2.24, 2.45) is 0 Å². The summed E-state index contributed by atoms with van der Waals surface area (Å²) in [6.45, 7) is 0. The summed E-state index contributed by atoms with van der Waals surface area (Å²) in [4.78, 5) is 17.8. The normalized spacial score (nSPS) is 15.3. The molecule has 1 heterocycles. The van der Waals surface area contributed by atoms with E-state index in [0.29, 0.717) is 0 Å². The monoisotopic (exact) mass is 310 g/mol. The third-order valence-electron chi connectivity index (χ3n) is 3.59. The zero-order valence-corrected chi connectivity index (χ0v) is 13.7. The molecule has 112 valence electrons. The van der Waals surface area contributed by atoms with Gasteiger partial charge in [-0.05, 0) is 36.6 Å². The van der Waals surface area contributed by atoms with Crippen molar-refractivity contribution >= 4 is 34.6 Å². The van der Waals surface area contributed by atoms with Crippen molar-refractivity contribution < 1.29 is 4.79 Å². The molecule has 1 aliphatic heterocycles. The first kappa shape index (κ1) is 14.7. The number of rotatable bonds is 3. The van der Waals surface area contributed by atoms with E-state index in [4.69, 9.17) is 0 Å². The number of carbonyl (C=O) groups excluding carboxylic acids is 1. The van der Waals surface area contributed by atoms with Crippen molar-refractivity contribution in [1.29, 1.82) is 0 Å². The number of carbonyl (C=O) groups is 1. The van der Waals surface area contributed by atoms with Gasteiger partial charge in [0.05, 0.1) is 11.3 Å². The van der Waals surface area contributed by atoms with Gasteiger partial charge in [-0.25, -0.2) is 0 Å². The number of benzene rings is 2. The molecule has 0 spiro atoms. The summed E-state index contributed by atoms with van der Waals surface area (Å²) in [5.74, 6) is 0.0202. The van der Waals surface area contributed by atoms with E-state index in [1.165, 1.54) is 4.90 Å². The van der Waals surface area contributed by atoms with Crippen molar-refractivity contribution in [3.8, 4) is 0 Å². The number of hydrogen-bond acceptors (Lipinski definition) is 3. The highest BCUT2D eigenvalue weighted by molar-refractivity contribution is 7.98. The molecule has 1 aliphatic rings. The summed E-state index contributed by atoms with van der Waals surface area (Å²) >= 11 is 1.69. The number of amides is 1. The lowest BCUT2D eigenvalue weighted by molar-refractivity contribution is -0.112. The Kier molecular flexibility index (Phi) is 3.94. The van der Waals surface area contributed by atoms with Crippen LogP contribution < -0.4 is 4.90 Å². The van der Waals surface area contributed by atoms with E-state index in [-0.39, 0.29) is 5.91 Å². The largest absolute Gasteiger partial charge is 0.383 e. The minimum atomic E-state index is 0.0202. The van der Waals surface area contributed by atoms with Crippen LogP contribution in [0.25, 0.3) is 5.57 Å². The molecular weight excluding hydrogens is 292 g/mol. The van der Waals surface area contributed by atoms with Gasteiger partial charge in [0.15, 0.2) is 0 Å². The number of para-hydroxylation sites is 1. The lowest BCUT2D eigenvalue weighted by atomic mass is 10.1. The Bertz CT molecular complexity index is 735. The standard InChI is InChI=1S/C18H18N2OS/c1-19(2)12-16-15-6-4-5-7-17(15)20(18(16)21)13-8-10-14(22-3)11-9-13/h4-12H,1-3H3/b16-12-. The average Bonchev–Trinajstić information content (AvgIpc) is 2.80. The van der Waals surface area contributed by atoms with Gasteiger partial charge in [0.1, 0.15) is 0 Å². The van der Waals surface area contributed by atoms with Gasteiger partial charge >= 0.3 is 0 Å². The highest BCUT2D eigenvalue weighted by atomic mass is 32.2. The molecule has 0 aliphatic carbocycles. The smallest absolute Gasteiger partial charge is 0.265 e. The van der Waals surface area contributed by atoms with E-state index in [1.807, 2.05) is 80.0 Å². The molecule has 0 aromatic heterocycles. The van der Waals surface area contributed by atoms with Crippen molar-refractivity contribution in [3.05, 3.63) is 60.3 Å². The molecule has 0 N–H and O–H groups in total. The van der Waals surface area contributed by atoms with Gasteiger partial charge < -0.3 is 4.90 Å². The lowest BCUT2D eigenvalue weighted by Crippen LogP contribution is -2.21. The van der Waals surface area contributed by atoms with Crippen molar-refractivity contribution in [3.63, 3.8) is 0 Å². The fourth-order valence-corrected chi connectivity index (χ4v) is 3.02. The van der Waals surface area contributed by atoms with E-state index < -0.39 is 0 Å². The Morgan fingerprint density at radius 1 is 1.05 bits per heavy atom. The van der Waals surface area contributed by atoms with Crippen LogP contribution in [-0.2, 0) is 4.79 Å². The first-order valence-electron chi connectivity index (χ1n) is 7.08. The average molecular weight is 310 g/mol. The van der Waals surface area contributed by atoms with Gasteiger partial charge in [-0.3, -0.25) is 9.69 Å². The quantitative estimate of drug-likeness (QED) is 0.632. The van der Waals surface area contributed by atoms with Crippen molar-refractivity contribution in [1.82, 2.24) is 4.90 Å². The molecular formula is C18H18N2OS. The number of thioether (sulfide) groups is 1. The van der Waals surface area contributed by atoms with Crippen molar-refractivity contribution in [2.75, 3.05) is 25.3 Å². The van der Waals surface area contributed by atoms with Crippen LogP contribution in [0, 0.1) is 0 Å². The Labute approximate surface area is 135 Å². The minimum Gasteiger partial charge on any atom is -0.383 e. The lowest BCUT2D eigenvalue weighted by Gasteiger charge is -2.17. The Morgan fingerprint density at radius 2 is 1.73 bits per heavy atom. The van der Waals surface area contributed by atoms with Gasteiger partial charge in [0.2, 0.25) is 0 Å². The molecule has 3 nitrogen and oxygen atoms in total. The summed E-state index contributed by atoms with van der Waals surface area (Å²) in [5, 5.41) is 0. The second kappa shape index (κ2) is 5.89. The molecule has 0 radical (unpaired) electrons. The Morgan fingerprint density at radius 3 is 2.36 bits per heavy atom. The first-order chi connectivity index (χ1) is 10.6. The van der Waals surface area contributed by atoms with Crippen LogP contribution in [0.15, 0.2) is 59.6 Å². The summed E-state index contributed by atoms with van der Waals surface area (Å²) in [7, 11) is 3.86. The molecule has 0 atom stereocenters. The Balaban J connectivity index is 2.10. The van der Waals surface area contributed by atoms with E-state index in [2.05, 4.69) is 0 Å². The molecule has 2 aromatic rings. The van der Waals surface area contributed by atoms with Crippen LogP contribution in [0.3, 0.4) is 0 Å². The molecule has 0 bridgehead atoms. The molecule has 0 unspecified atom stereocenters. The summed E-state index contributed by atoms with van der Waals surface area (Å²) < 4.78 is 0. The molecule has 0 saturated carbocycles. The third-order valence-corrected chi connectivity index (χ3v) is 4.33. The number of fused-ring (bicyclic) bond motifs is 1. The topological polar surface area (TPSA) is 23.6 Å². The van der Waals surface area contributed by atoms with E-state index in [9.17, 15) is 4.79 Å². The SMILES string of the molecule is CSc1ccc(N2C(=O)/C(=C\N(C)C)c3ccccc32)cc1. The minimum absolute atomic E-state index is 0.0202. The van der Waals surface area contributed by atoms with Crippen molar-refractivity contribution in [2.45, 2.75) is 4.90 Å². The number of hydrogen-bond donors (Lipinski definition) is 0. The van der Waals surface area contributed by atoms with E-state index in [0.717, 1.165) is 22.5 Å². The second-order valence-electron chi connectivity index (χ2n) is 5.36. The van der Waals surface area contributed by atoms with Crippen LogP contribution in [-0.4, -0.2) is 31.2 Å². The zero-order chi connectivity index (χ0) is 15.7. The van der Waals surface area contributed by atoms with E-state index in [1.54, 1.807) is 16.7 Å². The van der Waals surface area contributed by atoms with E-state index >= 15 is 0 Å². The van der Waals surface area contributed by atoms with Gasteiger partial charge in [-0.15, -0.1) is 11.8 Å². The summed E-state index contributed by atoms with van der Waals surface area (Å²) in [6, 6.07) is 16.0. The predicted octanol–water partition coefficient (Wildman–Crippen LogP) is 3.99. The number of nitrogens with zero attached hydrogens (tertiary/aromatic N) is 2.